The number of rotatable bonds is 5. The summed E-state index contributed by atoms with van der Waals surface area (Å²) < 4.78 is 11.0. The Kier molecular flexibility index (Phi) is 4.81. The molecule has 19 heavy (non-hydrogen) atoms. The van der Waals surface area contributed by atoms with Gasteiger partial charge in [-0.25, -0.2) is 4.98 Å². The van der Waals surface area contributed by atoms with Gasteiger partial charge in [0.05, 0.1) is 7.11 Å². The Labute approximate surface area is 124 Å². The van der Waals surface area contributed by atoms with E-state index in [1.54, 1.807) is 24.9 Å². The first kappa shape index (κ1) is 14.3. The Morgan fingerprint density at radius 3 is 2.84 bits per heavy atom. The highest BCUT2D eigenvalue weighted by molar-refractivity contribution is 9.10. The summed E-state index contributed by atoms with van der Waals surface area (Å²) in [7, 11) is 1.60. The molecule has 2 aromatic rings. The molecule has 0 bridgehead atoms. The Bertz CT molecular complexity index is 562. The van der Waals surface area contributed by atoms with Crippen LogP contribution in [-0.4, -0.2) is 34.2 Å². The molecule has 1 unspecified atom stereocenters. The van der Waals surface area contributed by atoms with Crippen LogP contribution in [0, 0.1) is 0 Å². The molecule has 0 saturated carbocycles. The molecule has 1 atom stereocenters. The lowest BCUT2D eigenvalue weighted by molar-refractivity contribution is 0.367. The zero-order chi connectivity index (χ0) is 13.8. The summed E-state index contributed by atoms with van der Waals surface area (Å²) in [5.74, 6) is 2.98. The molecular formula is C12H14BrN3O2S. The van der Waals surface area contributed by atoms with Crippen molar-refractivity contribution < 1.29 is 9.26 Å². The van der Waals surface area contributed by atoms with Gasteiger partial charge in [-0.3, -0.25) is 0 Å². The SMILES string of the molecule is COc1ccc(-c2noc(C(C)CSC)n2)nc1Br. The predicted octanol–water partition coefficient (Wildman–Crippen LogP) is 3.37. The third kappa shape index (κ3) is 3.27. The summed E-state index contributed by atoms with van der Waals surface area (Å²) in [5.41, 5.74) is 0.652. The molecule has 2 heterocycles. The van der Waals surface area contributed by atoms with Gasteiger partial charge in [0.15, 0.2) is 5.75 Å². The molecule has 0 radical (unpaired) electrons. The number of pyridine rings is 1. The molecule has 0 saturated heterocycles. The largest absolute Gasteiger partial charge is 0.494 e. The zero-order valence-electron chi connectivity index (χ0n) is 10.9. The first-order valence-corrected chi connectivity index (χ1v) is 7.87. The van der Waals surface area contributed by atoms with Gasteiger partial charge in [0.25, 0.3) is 0 Å². The second-order valence-electron chi connectivity index (χ2n) is 4.00. The summed E-state index contributed by atoms with van der Waals surface area (Å²) in [5, 5.41) is 3.97. The van der Waals surface area contributed by atoms with Gasteiger partial charge in [-0.15, -0.1) is 0 Å². The van der Waals surface area contributed by atoms with Crippen LogP contribution in [0.5, 0.6) is 5.75 Å². The number of thioether (sulfide) groups is 1. The summed E-state index contributed by atoms with van der Waals surface area (Å²) in [6, 6.07) is 3.62. The Balaban J connectivity index is 2.25. The highest BCUT2D eigenvalue weighted by Gasteiger charge is 2.16. The number of nitrogens with zero attached hydrogens (tertiary/aromatic N) is 3. The van der Waals surface area contributed by atoms with Crippen molar-refractivity contribution in [1.29, 1.82) is 0 Å². The van der Waals surface area contributed by atoms with Crippen LogP contribution in [-0.2, 0) is 0 Å². The highest BCUT2D eigenvalue weighted by atomic mass is 79.9. The van der Waals surface area contributed by atoms with E-state index in [2.05, 4.69) is 44.2 Å². The normalized spacial score (nSPS) is 12.4. The van der Waals surface area contributed by atoms with Crippen LogP contribution in [0.2, 0.25) is 0 Å². The molecule has 102 valence electrons. The first-order valence-electron chi connectivity index (χ1n) is 5.69. The maximum atomic E-state index is 5.27. The fourth-order valence-corrected chi connectivity index (χ4v) is 2.69. The van der Waals surface area contributed by atoms with Crippen molar-refractivity contribution in [2.24, 2.45) is 0 Å². The minimum absolute atomic E-state index is 0.234. The van der Waals surface area contributed by atoms with Crippen molar-refractivity contribution in [2.75, 3.05) is 19.1 Å². The van der Waals surface area contributed by atoms with Crippen molar-refractivity contribution in [3.05, 3.63) is 22.6 Å². The lowest BCUT2D eigenvalue weighted by Gasteiger charge is -2.03. The monoisotopic (exact) mass is 343 g/mol. The Hall–Kier alpha value is -1.08. The van der Waals surface area contributed by atoms with Gasteiger partial charge in [0.2, 0.25) is 11.7 Å². The average Bonchev–Trinajstić information content (AvgIpc) is 2.88. The minimum atomic E-state index is 0.234. The standard InChI is InChI=1S/C12H14BrN3O2S/c1-7(6-19-3)12-15-11(16-18-12)8-4-5-9(17-2)10(13)14-8/h4-5,7H,6H2,1-3H3. The number of aromatic nitrogens is 3. The second kappa shape index (κ2) is 6.38. The van der Waals surface area contributed by atoms with Crippen molar-refractivity contribution in [2.45, 2.75) is 12.8 Å². The van der Waals surface area contributed by atoms with E-state index in [1.807, 2.05) is 6.07 Å². The molecule has 0 aliphatic heterocycles. The lowest BCUT2D eigenvalue weighted by atomic mass is 10.2. The van der Waals surface area contributed by atoms with E-state index in [-0.39, 0.29) is 5.92 Å². The summed E-state index contributed by atoms with van der Waals surface area (Å²) in [6.45, 7) is 2.06. The summed E-state index contributed by atoms with van der Waals surface area (Å²) >= 11 is 5.09. The fraction of sp³-hybridized carbons (Fsp3) is 0.417. The van der Waals surface area contributed by atoms with E-state index in [4.69, 9.17) is 9.26 Å². The van der Waals surface area contributed by atoms with Crippen molar-refractivity contribution >= 4 is 27.7 Å². The molecule has 7 heteroatoms. The number of hydrogen-bond acceptors (Lipinski definition) is 6. The molecule has 5 nitrogen and oxygen atoms in total. The van der Waals surface area contributed by atoms with Gasteiger partial charge in [0, 0.05) is 11.7 Å². The smallest absolute Gasteiger partial charge is 0.230 e. The van der Waals surface area contributed by atoms with Crippen molar-refractivity contribution in [3.8, 4) is 17.3 Å². The van der Waals surface area contributed by atoms with Crippen LogP contribution >= 0.6 is 27.7 Å². The molecule has 2 rings (SSSR count). The topological polar surface area (TPSA) is 61.0 Å². The van der Waals surface area contributed by atoms with E-state index < -0.39 is 0 Å². The molecule has 2 aromatic heterocycles. The number of ether oxygens (including phenoxy) is 1. The van der Waals surface area contributed by atoms with E-state index in [0.717, 1.165) is 5.75 Å². The Morgan fingerprint density at radius 1 is 1.42 bits per heavy atom. The van der Waals surface area contributed by atoms with E-state index in [0.29, 0.717) is 27.8 Å². The van der Waals surface area contributed by atoms with Crippen LogP contribution in [0.3, 0.4) is 0 Å². The van der Waals surface area contributed by atoms with Crippen molar-refractivity contribution in [3.63, 3.8) is 0 Å². The van der Waals surface area contributed by atoms with E-state index in [9.17, 15) is 0 Å². The number of hydrogen-bond donors (Lipinski definition) is 0. The van der Waals surface area contributed by atoms with Crippen LogP contribution < -0.4 is 4.74 Å². The number of methoxy groups -OCH3 is 1. The summed E-state index contributed by atoms with van der Waals surface area (Å²) in [6.07, 6.45) is 2.05. The molecule has 0 N–H and O–H groups in total. The Morgan fingerprint density at radius 2 is 2.21 bits per heavy atom. The van der Waals surface area contributed by atoms with Gasteiger partial charge in [-0.2, -0.15) is 16.7 Å². The third-order valence-electron chi connectivity index (χ3n) is 2.54. The van der Waals surface area contributed by atoms with Gasteiger partial charge in [-0.05, 0) is 34.3 Å². The van der Waals surface area contributed by atoms with Crippen molar-refractivity contribution in [1.82, 2.24) is 15.1 Å². The maximum absolute atomic E-state index is 5.27. The summed E-state index contributed by atoms with van der Waals surface area (Å²) in [4.78, 5) is 8.71. The van der Waals surface area contributed by atoms with Crippen LogP contribution in [0.15, 0.2) is 21.3 Å². The average molecular weight is 344 g/mol. The van der Waals surface area contributed by atoms with Crippen LogP contribution in [0.4, 0.5) is 0 Å². The van der Waals surface area contributed by atoms with Gasteiger partial charge in [0.1, 0.15) is 10.3 Å². The zero-order valence-corrected chi connectivity index (χ0v) is 13.3. The van der Waals surface area contributed by atoms with E-state index >= 15 is 0 Å². The lowest BCUT2D eigenvalue weighted by Crippen LogP contribution is -1.97. The quantitative estimate of drug-likeness (QED) is 0.775. The maximum Gasteiger partial charge on any atom is 0.230 e. The molecule has 0 aliphatic rings. The van der Waals surface area contributed by atoms with E-state index in [1.165, 1.54) is 0 Å². The second-order valence-corrected chi connectivity index (χ2v) is 5.66. The first-order chi connectivity index (χ1) is 9.15. The fourth-order valence-electron chi connectivity index (χ4n) is 1.56. The number of halogens is 1. The van der Waals surface area contributed by atoms with Gasteiger partial charge < -0.3 is 9.26 Å². The molecule has 0 aromatic carbocycles. The highest BCUT2D eigenvalue weighted by Crippen LogP contribution is 2.26. The van der Waals surface area contributed by atoms with Crippen LogP contribution in [0.25, 0.3) is 11.5 Å². The molecule has 0 fully saturated rings. The third-order valence-corrected chi connectivity index (χ3v) is 3.94. The van der Waals surface area contributed by atoms with Gasteiger partial charge >= 0.3 is 0 Å². The van der Waals surface area contributed by atoms with Crippen LogP contribution in [0.1, 0.15) is 18.7 Å². The minimum Gasteiger partial charge on any atom is -0.494 e. The molecule has 0 amide bonds. The molecule has 0 spiro atoms. The molecule has 0 aliphatic carbocycles. The molecular weight excluding hydrogens is 330 g/mol. The van der Waals surface area contributed by atoms with Gasteiger partial charge in [-0.1, -0.05) is 12.1 Å². The predicted molar refractivity (Wildman–Crippen MR) is 78.6 cm³/mol.